The molecule has 1 aliphatic heterocycles. The molecule has 1 unspecified atom stereocenters. The van der Waals surface area contributed by atoms with E-state index < -0.39 is 0 Å². The molecule has 0 amide bonds. The molecule has 0 saturated carbocycles. The fraction of sp³-hybridized carbons (Fsp3) is 0.0962. The Hall–Kier alpha value is -6.91. The van der Waals surface area contributed by atoms with E-state index in [0.29, 0.717) is 0 Å². The minimum Gasteiger partial charge on any atom is -0.456 e. The van der Waals surface area contributed by atoms with Crippen molar-refractivity contribution in [2.75, 3.05) is 0 Å². The first-order chi connectivity index (χ1) is 27.8. The molecule has 8 aromatic rings. The van der Waals surface area contributed by atoms with Gasteiger partial charge in [-0.25, -0.2) is 0 Å². The Morgan fingerprint density at radius 3 is 2.29 bits per heavy atom. The van der Waals surface area contributed by atoms with Crippen molar-refractivity contribution in [1.82, 2.24) is 9.88 Å². The van der Waals surface area contributed by atoms with Crippen LogP contribution in [0.3, 0.4) is 0 Å². The molecule has 3 aliphatic rings. The smallest absolute Gasteiger partial charge is 0.145 e. The van der Waals surface area contributed by atoms with E-state index in [1.165, 1.54) is 49.5 Å². The van der Waals surface area contributed by atoms with Gasteiger partial charge in [0.2, 0.25) is 0 Å². The monoisotopic (exact) mass is 721 g/mol. The van der Waals surface area contributed by atoms with Crippen LogP contribution < -0.4 is 5.32 Å². The molecule has 0 fully saturated rings. The molecule has 2 aromatic heterocycles. The second-order valence-corrected chi connectivity index (χ2v) is 14.9. The number of rotatable bonds is 6. The third-order valence-corrected chi connectivity index (χ3v) is 11.5. The first-order valence-electron chi connectivity index (χ1n) is 19.7. The quantitative estimate of drug-likeness (QED) is 0.186. The van der Waals surface area contributed by atoms with Crippen molar-refractivity contribution in [3.05, 3.63) is 198 Å². The minimum atomic E-state index is -0.227. The lowest BCUT2D eigenvalue weighted by Crippen LogP contribution is -2.25. The third kappa shape index (κ3) is 5.48. The summed E-state index contributed by atoms with van der Waals surface area (Å²) in [7, 11) is 0. The summed E-state index contributed by atoms with van der Waals surface area (Å²) >= 11 is 0. The van der Waals surface area contributed by atoms with Crippen LogP contribution in [0.15, 0.2) is 185 Å². The van der Waals surface area contributed by atoms with E-state index in [1.807, 2.05) is 0 Å². The zero-order valence-electron chi connectivity index (χ0n) is 31.0. The van der Waals surface area contributed by atoms with E-state index in [2.05, 4.69) is 186 Å². The van der Waals surface area contributed by atoms with Crippen LogP contribution in [0.1, 0.15) is 47.9 Å². The number of aromatic nitrogens is 1. The van der Waals surface area contributed by atoms with Gasteiger partial charge in [-0.2, -0.15) is 0 Å². The van der Waals surface area contributed by atoms with Crippen molar-refractivity contribution in [3.8, 4) is 27.9 Å². The van der Waals surface area contributed by atoms with Gasteiger partial charge in [0.25, 0.3) is 0 Å². The second kappa shape index (κ2) is 13.4. The van der Waals surface area contributed by atoms with Crippen LogP contribution in [0.5, 0.6) is 0 Å². The van der Waals surface area contributed by atoms with E-state index in [9.17, 15) is 0 Å². The summed E-state index contributed by atoms with van der Waals surface area (Å²) in [5.41, 5.74) is 16.0. The first-order valence-corrected chi connectivity index (χ1v) is 19.7. The van der Waals surface area contributed by atoms with Gasteiger partial charge in [0.05, 0.1) is 16.7 Å². The Kier molecular flexibility index (Phi) is 7.80. The second-order valence-electron chi connectivity index (χ2n) is 14.9. The Balaban J connectivity index is 0.995. The number of aryl methyl sites for hydroxylation is 1. The summed E-state index contributed by atoms with van der Waals surface area (Å²) in [6, 6.07) is 50.4. The first kappa shape index (κ1) is 32.5. The number of aliphatic imine (C=N–C) groups is 1. The van der Waals surface area contributed by atoms with Gasteiger partial charge in [0.1, 0.15) is 17.5 Å². The van der Waals surface area contributed by atoms with Crippen LogP contribution in [-0.4, -0.2) is 10.3 Å². The largest absolute Gasteiger partial charge is 0.456 e. The number of nitrogens with one attached hydrogen (secondary N) is 1. The maximum atomic E-state index is 6.44. The number of benzene rings is 6. The lowest BCUT2D eigenvalue weighted by atomic mass is 9.96. The molecular formula is C52H39N3O. The van der Waals surface area contributed by atoms with E-state index in [0.717, 1.165) is 76.4 Å². The highest BCUT2D eigenvalue weighted by atomic mass is 16.3. The summed E-state index contributed by atoms with van der Waals surface area (Å²) in [5.74, 6) is 0.998. The summed E-state index contributed by atoms with van der Waals surface area (Å²) in [5, 5.41) is 7.47. The molecule has 268 valence electrons. The average Bonchev–Trinajstić information content (AvgIpc) is 3.83. The standard InChI is InChI=1S/C52H39N3O/c1-3-14-35(15-4-1)45-33-46(36-16-5-2-6-17-36)54-52(53-45)38-19-11-18-37(32-38)40-22-13-26-48-50(40)44-21-7-9-25-47(44)55(48)39-30-28-34(29-31-39)41-23-12-24-43-42-20-8-10-27-49(42)56-51(41)43/h1,3-5,7,9-19,21-33,52-53H,2,6,8,20H2. The number of hydrogen-bond acceptors (Lipinski definition) is 3. The molecule has 0 saturated heterocycles. The molecule has 4 heteroatoms. The van der Waals surface area contributed by atoms with Gasteiger partial charge in [0, 0.05) is 38.7 Å². The number of furan rings is 1. The predicted molar refractivity (Wildman–Crippen MR) is 233 cm³/mol. The van der Waals surface area contributed by atoms with Crippen molar-refractivity contribution in [3.63, 3.8) is 0 Å². The molecule has 6 aromatic carbocycles. The lowest BCUT2D eigenvalue weighted by molar-refractivity contribution is 0.596. The normalized spacial score (nSPS) is 16.4. The van der Waals surface area contributed by atoms with Crippen molar-refractivity contribution >= 4 is 50.3 Å². The molecule has 0 spiro atoms. The molecule has 3 heterocycles. The maximum absolute atomic E-state index is 6.44. The molecular weight excluding hydrogens is 683 g/mol. The van der Waals surface area contributed by atoms with E-state index in [1.54, 1.807) is 0 Å². The van der Waals surface area contributed by atoms with Crippen LogP contribution in [-0.2, 0) is 6.42 Å². The zero-order valence-corrected chi connectivity index (χ0v) is 31.0. The van der Waals surface area contributed by atoms with Crippen molar-refractivity contribution < 1.29 is 4.42 Å². The summed E-state index contributed by atoms with van der Waals surface area (Å²) < 4.78 is 8.85. The van der Waals surface area contributed by atoms with Gasteiger partial charge in [-0.15, -0.1) is 0 Å². The third-order valence-electron chi connectivity index (χ3n) is 11.5. The van der Waals surface area contributed by atoms with Crippen LogP contribution in [0.25, 0.3) is 72.5 Å². The summed E-state index contributed by atoms with van der Waals surface area (Å²) in [6.45, 7) is 0. The van der Waals surface area contributed by atoms with Crippen molar-refractivity contribution in [2.45, 2.75) is 31.8 Å². The Morgan fingerprint density at radius 2 is 1.39 bits per heavy atom. The van der Waals surface area contributed by atoms with E-state index >= 15 is 0 Å². The van der Waals surface area contributed by atoms with Crippen LogP contribution in [0, 0.1) is 0 Å². The number of fused-ring (bicyclic) bond motifs is 6. The number of para-hydroxylation sites is 2. The van der Waals surface area contributed by atoms with Crippen molar-refractivity contribution in [1.29, 1.82) is 0 Å². The summed E-state index contributed by atoms with van der Waals surface area (Å²) in [6.07, 6.45) is 17.3. The number of allylic oxidation sites excluding steroid dienone is 6. The fourth-order valence-corrected chi connectivity index (χ4v) is 8.87. The molecule has 2 aliphatic carbocycles. The minimum absolute atomic E-state index is 0.227. The summed E-state index contributed by atoms with van der Waals surface area (Å²) in [4.78, 5) is 5.30. The van der Waals surface area contributed by atoms with Crippen LogP contribution >= 0.6 is 0 Å². The Labute approximate surface area is 326 Å². The number of nitrogens with zero attached hydrogens (tertiary/aromatic N) is 2. The average molecular weight is 722 g/mol. The molecule has 1 atom stereocenters. The lowest BCUT2D eigenvalue weighted by Gasteiger charge is -2.26. The molecule has 0 bridgehead atoms. The highest BCUT2D eigenvalue weighted by molar-refractivity contribution is 6.16. The van der Waals surface area contributed by atoms with Gasteiger partial charge in [-0.05, 0) is 102 Å². The predicted octanol–water partition coefficient (Wildman–Crippen LogP) is 13.2. The van der Waals surface area contributed by atoms with Crippen LogP contribution in [0.2, 0.25) is 0 Å². The highest BCUT2D eigenvalue weighted by Gasteiger charge is 2.23. The molecule has 11 rings (SSSR count). The molecule has 1 N–H and O–H groups in total. The van der Waals surface area contributed by atoms with Gasteiger partial charge < -0.3 is 14.3 Å². The van der Waals surface area contributed by atoms with E-state index in [-0.39, 0.29) is 6.17 Å². The highest BCUT2D eigenvalue weighted by Crippen LogP contribution is 2.41. The van der Waals surface area contributed by atoms with Crippen molar-refractivity contribution in [2.24, 2.45) is 4.99 Å². The van der Waals surface area contributed by atoms with Crippen LogP contribution in [0.4, 0.5) is 0 Å². The topological polar surface area (TPSA) is 42.5 Å². The Bertz CT molecular complexity index is 2990. The molecule has 4 nitrogen and oxygen atoms in total. The molecule has 0 radical (unpaired) electrons. The molecule has 56 heavy (non-hydrogen) atoms. The van der Waals surface area contributed by atoms with Gasteiger partial charge >= 0.3 is 0 Å². The SMILES string of the molecule is C1=CC(C2=NC(c3cccc(-c4cccc5c4c4ccccc4n5-c4ccc(-c5cccc6c7c(oc56)C=CCC7)cc4)c3)NC(c3ccccc3)=C2)=CCC1. The van der Waals surface area contributed by atoms with Gasteiger partial charge in [0.15, 0.2) is 0 Å². The van der Waals surface area contributed by atoms with Gasteiger partial charge in [-0.3, -0.25) is 4.99 Å². The van der Waals surface area contributed by atoms with Gasteiger partial charge in [-0.1, -0.05) is 133 Å². The maximum Gasteiger partial charge on any atom is 0.145 e. The zero-order chi connectivity index (χ0) is 37.0. The Morgan fingerprint density at radius 1 is 0.625 bits per heavy atom. The number of hydrogen-bond donors (Lipinski definition) is 1. The van der Waals surface area contributed by atoms with E-state index in [4.69, 9.17) is 9.41 Å². The fourth-order valence-electron chi connectivity index (χ4n) is 8.87.